The lowest BCUT2D eigenvalue weighted by Gasteiger charge is -2.31. The fraction of sp³-hybridized carbons (Fsp3) is 0.417. The molecule has 0 radical (unpaired) electrons. The molecule has 0 spiro atoms. The number of para-hydroxylation sites is 1. The number of nitrogens with one attached hydrogen (secondary N) is 1. The van der Waals surface area contributed by atoms with Crippen molar-refractivity contribution in [1.82, 2.24) is 14.5 Å². The van der Waals surface area contributed by atoms with Crippen LogP contribution in [0.25, 0.3) is 11.0 Å². The summed E-state index contributed by atoms with van der Waals surface area (Å²) in [6.07, 6.45) is -0.758. The average Bonchev–Trinajstić information content (AvgIpc) is 3.10. The summed E-state index contributed by atoms with van der Waals surface area (Å²) in [5.74, 6) is 0.0471. The zero-order valence-corrected chi connectivity index (χ0v) is 18.2. The summed E-state index contributed by atoms with van der Waals surface area (Å²) in [4.78, 5) is 18.9. The number of aryl methyl sites for hydroxylation is 2. The van der Waals surface area contributed by atoms with Crippen LogP contribution in [0.2, 0.25) is 0 Å². The second-order valence-corrected chi connectivity index (χ2v) is 8.63. The zero-order chi connectivity index (χ0) is 22.9. The largest absolute Gasteiger partial charge is 0.418 e. The number of anilines is 1. The first kappa shape index (κ1) is 22.3. The number of rotatable bonds is 5. The van der Waals surface area contributed by atoms with E-state index in [1.807, 2.05) is 11.2 Å². The molecule has 1 saturated heterocycles. The number of aromatic nitrogens is 2. The van der Waals surface area contributed by atoms with E-state index in [2.05, 4.69) is 40.8 Å². The van der Waals surface area contributed by atoms with Crippen LogP contribution in [0.1, 0.15) is 29.5 Å². The van der Waals surface area contributed by atoms with E-state index >= 15 is 0 Å². The topological polar surface area (TPSA) is 50.2 Å². The maximum absolute atomic E-state index is 13.1. The number of fused-ring (bicyclic) bond motifs is 1. The number of piperidine rings is 1. The van der Waals surface area contributed by atoms with Gasteiger partial charge in [-0.2, -0.15) is 13.2 Å². The fourth-order valence-corrected chi connectivity index (χ4v) is 4.30. The highest BCUT2D eigenvalue weighted by atomic mass is 19.4. The Morgan fingerprint density at radius 2 is 1.81 bits per heavy atom. The minimum Gasteiger partial charge on any atom is -0.330 e. The summed E-state index contributed by atoms with van der Waals surface area (Å²) < 4.78 is 41.6. The van der Waals surface area contributed by atoms with Crippen molar-refractivity contribution in [3.63, 3.8) is 0 Å². The van der Waals surface area contributed by atoms with Crippen LogP contribution in [0.15, 0.2) is 42.7 Å². The van der Waals surface area contributed by atoms with E-state index < -0.39 is 17.6 Å². The first-order valence-corrected chi connectivity index (χ1v) is 10.8. The number of likely N-dealkylation sites (tertiary alicyclic amines) is 1. The number of hydrogen-bond acceptors (Lipinski definition) is 3. The lowest BCUT2D eigenvalue weighted by atomic mass is 9.96. The van der Waals surface area contributed by atoms with Crippen molar-refractivity contribution in [1.29, 1.82) is 0 Å². The molecular formula is C24H27F3N4O. The molecule has 0 saturated carbocycles. The highest BCUT2D eigenvalue weighted by Crippen LogP contribution is 2.34. The molecule has 32 heavy (non-hydrogen) atoms. The van der Waals surface area contributed by atoms with Crippen molar-refractivity contribution in [2.75, 3.05) is 25.0 Å². The van der Waals surface area contributed by atoms with E-state index in [-0.39, 0.29) is 12.2 Å². The van der Waals surface area contributed by atoms with Crippen LogP contribution in [0.4, 0.5) is 18.9 Å². The van der Waals surface area contributed by atoms with E-state index in [1.165, 1.54) is 29.3 Å². The molecule has 1 N–H and O–H groups in total. The highest BCUT2D eigenvalue weighted by molar-refractivity contribution is 5.93. The van der Waals surface area contributed by atoms with Gasteiger partial charge in [0.2, 0.25) is 5.91 Å². The molecule has 1 aromatic heterocycles. The van der Waals surface area contributed by atoms with Gasteiger partial charge in [-0.1, -0.05) is 12.1 Å². The average molecular weight is 445 g/mol. The number of carbonyl (C=O) groups excluding carboxylic acids is 1. The molecule has 2 aromatic carbocycles. The van der Waals surface area contributed by atoms with E-state index in [4.69, 9.17) is 0 Å². The standard InChI is InChI=1S/C24H27F3N4O/c1-16-11-21-22(12-17(16)2)31(15-28-21)13-18-7-9-30(10-8-18)14-23(32)29-20-6-4-3-5-19(20)24(25,26)27/h3-6,11-12,15,18H,7-10,13-14H2,1-2H3,(H,29,32). The van der Waals surface area contributed by atoms with Gasteiger partial charge in [-0.25, -0.2) is 4.98 Å². The van der Waals surface area contributed by atoms with Crippen LogP contribution in [-0.4, -0.2) is 40.0 Å². The molecule has 2 heterocycles. The van der Waals surface area contributed by atoms with Gasteiger partial charge < -0.3 is 9.88 Å². The lowest BCUT2D eigenvalue weighted by Crippen LogP contribution is -2.40. The number of alkyl halides is 3. The van der Waals surface area contributed by atoms with Gasteiger partial charge in [0.25, 0.3) is 0 Å². The molecule has 0 unspecified atom stereocenters. The lowest BCUT2D eigenvalue weighted by molar-refractivity contribution is -0.137. The Labute approximate surface area is 185 Å². The number of hydrogen-bond donors (Lipinski definition) is 1. The van der Waals surface area contributed by atoms with Gasteiger partial charge in [0.15, 0.2) is 0 Å². The third-order valence-corrected chi connectivity index (χ3v) is 6.27. The SMILES string of the molecule is Cc1cc2ncn(CC3CCN(CC(=O)Nc4ccccc4C(F)(F)F)CC3)c2cc1C. The quantitative estimate of drug-likeness (QED) is 0.601. The number of halogens is 3. The number of nitrogens with zero attached hydrogens (tertiary/aromatic N) is 3. The predicted molar refractivity (Wildman–Crippen MR) is 118 cm³/mol. The van der Waals surface area contributed by atoms with Crippen LogP contribution in [-0.2, 0) is 17.5 Å². The molecule has 1 fully saturated rings. The Morgan fingerprint density at radius 3 is 2.53 bits per heavy atom. The van der Waals surface area contributed by atoms with Crippen molar-refractivity contribution < 1.29 is 18.0 Å². The van der Waals surface area contributed by atoms with Crippen molar-refractivity contribution in [3.05, 3.63) is 59.4 Å². The van der Waals surface area contributed by atoms with E-state index in [9.17, 15) is 18.0 Å². The Morgan fingerprint density at radius 1 is 1.12 bits per heavy atom. The van der Waals surface area contributed by atoms with Crippen LogP contribution in [0.3, 0.4) is 0 Å². The Bertz CT molecular complexity index is 1110. The summed E-state index contributed by atoms with van der Waals surface area (Å²) in [6.45, 7) is 6.63. The van der Waals surface area contributed by atoms with E-state index in [0.29, 0.717) is 5.92 Å². The predicted octanol–water partition coefficient (Wildman–Crippen LogP) is 5.02. The zero-order valence-electron chi connectivity index (χ0n) is 18.2. The molecule has 3 aromatic rings. The Hall–Kier alpha value is -2.87. The van der Waals surface area contributed by atoms with Crippen molar-refractivity contribution in [3.8, 4) is 0 Å². The van der Waals surface area contributed by atoms with Crippen molar-refractivity contribution in [2.24, 2.45) is 5.92 Å². The number of amides is 1. The molecule has 0 atom stereocenters. The Balaban J connectivity index is 1.31. The van der Waals surface area contributed by atoms with Crippen LogP contribution >= 0.6 is 0 Å². The summed E-state index contributed by atoms with van der Waals surface area (Å²) in [7, 11) is 0. The first-order chi connectivity index (χ1) is 15.2. The maximum atomic E-state index is 13.1. The molecule has 5 nitrogen and oxygen atoms in total. The molecule has 0 aliphatic carbocycles. The van der Waals surface area contributed by atoms with Gasteiger partial charge in [-0.3, -0.25) is 9.69 Å². The molecule has 170 valence electrons. The van der Waals surface area contributed by atoms with Crippen LogP contribution in [0.5, 0.6) is 0 Å². The first-order valence-electron chi connectivity index (χ1n) is 10.8. The van der Waals surface area contributed by atoms with Crippen molar-refractivity contribution in [2.45, 2.75) is 39.4 Å². The van der Waals surface area contributed by atoms with E-state index in [1.54, 1.807) is 0 Å². The summed E-state index contributed by atoms with van der Waals surface area (Å²) >= 11 is 0. The monoisotopic (exact) mass is 444 g/mol. The minimum absolute atomic E-state index is 0.0887. The number of carbonyl (C=O) groups is 1. The van der Waals surface area contributed by atoms with Gasteiger partial charge in [0, 0.05) is 6.54 Å². The van der Waals surface area contributed by atoms with Crippen molar-refractivity contribution >= 4 is 22.6 Å². The maximum Gasteiger partial charge on any atom is 0.418 e. The third kappa shape index (κ3) is 4.96. The minimum atomic E-state index is -4.50. The second kappa shape index (κ2) is 8.94. The molecule has 1 amide bonds. The van der Waals surface area contributed by atoms with Crippen LogP contribution in [0, 0.1) is 19.8 Å². The van der Waals surface area contributed by atoms with Gasteiger partial charge in [-0.05, 0) is 81.1 Å². The third-order valence-electron chi connectivity index (χ3n) is 6.27. The molecule has 1 aliphatic heterocycles. The molecule has 1 aliphatic rings. The summed E-state index contributed by atoms with van der Waals surface area (Å²) in [6, 6.07) is 9.35. The molecular weight excluding hydrogens is 417 g/mol. The van der Waals surface area contributed by atoms with Gasteiger partial charge in [-0.15, -0.1) is 0 Å². The highest BCUT2D eigenvalue weighted by Gasteiger charge is 2.33. The summed E-state index contributed by atoms with van der Waals surface area (Å²) in [5, 5.41) is 2.43. The smallest absolute Gasteiger partial charge is 0.330 e. The molecule has 0 bridgehead atoms. The van der Waals surface area contributed by atoms with E-state index in [0.717, 1.165) is 49.6 Å². The summed E-state index contributed by atoms with van der Waals surface area (Å²) in [5.41, 5.74) is 3.58. The number of benzene rings is 2. The van der Waals surface area contributed by atoms with Gasteiger partial charge in [0.05, 0.1) is 35.2 Å². The Kier molecular flexibility index (Phi) is 6.24. The van der Waals surface area contributed by atoms with Gasteiger partial charge in [0.1, 0.15) is 0 Å². The number of imidazole rings is 1. The second-order valence-electron chi connectivity index (χ2n) is 8.63. The normalized spacial score (nSPS) is 15.9. The fourth-order valence-electron chi connectivity index (χ4n) is 4.30. The van der Waals surface area contributed by atoms with Gasteiger partial charge >= 0.3 is 6.18 Å². The molecule has 8 heteroatoms. The molecule has 4 rings (SSSR count). The van der Waals surface area contributed by atoms with Crippen LogP contribution < -0.4 is 5.32 Å².